The molecule has 0 saturated heterocycles. The first-order valence-electron chi connectivity index (χ1n) is 14.5. The molecule has 0 bridgehead atoms. The first kappa shape index (κ1) is 32.1. The zero-order valence-corrected chi connectivity index (χ0v) is 24.9. The number of halogens is 2. The van der Waals surface area contributed by atoms with Crippen molar-refractivity contribution in [2.75, 3.05) is 16.9 Å². The van der Waals surface area contributed by atoms with E-state index in [4.69, 9.17) is 4.74 Å². The van der Waals surface area contributed by atoms with Crippen LogP contribution < -0.4 is 19.9 Å². The number of benzene rings is 2. The Balaban J connectivity index is 1.90. The van der Waals surface area contributed by atoms with E-state index in [0.717, 1.165) is 10.5 Å². The van der Waals surface area contributed by atoms with E-state index < -0.39 is 48.7 Å². The van der Waals surface area contributed by atoms with E-state index in [-0.39, 0.29) is 17.8 Å². The number of carbonyl (C=O) groups is 3. The summed E-state index contributed by atoms with van der Waals surface area (Å²) >= 11 is 0. The minimum atomic E-state index is -2.86. The number of pyridine rings is 1. The predicted molar refractivity (Wildman–Crippen MR) is 161 cm³/mol. The maximum Gasteiger partial charge on any atom is 0.252 e. The van der Waals surface area contributed by atoms with Crippen molar-refractivity contribution in [3.63, 3.8) is 0 Å². The SMILES string of the molecule is CCC[C@@H](C(=O)N(c1cccc(OC)c1)C(C(=O)NC1CC(F)(F)C1)c1ccccc1CC)N(C=O)c1cc(C#N)ccn1. The fourth-order valence-corrected chi connectivity index (χ4v) is 5.46. The number of hydrogen-bond donors (Lipinski definition) is 1. The van der Waals surface area contributed by atoms with Gasteiger partial charge in [0.1, 0.15) is 23.7 Å². The summed E-state index contributed by atoms with van der Waals surface area (Å²) in [6.07, 6.45) is 2.10. The number of carbonyl (C=O) groups excluding carboxylic acids is 3. The molecule has 1 aliphatic rings. The molecule has 44 heavy (non-hydrogen) atoms. The minimum Gasteiger partial charge on any atom is -0.497 e. The summed E-state index contributed by atoms with van der Waals surface area (Å²) in [4.78, 5) is 48.3. The van der Waals surface area contributed by atoms with Crippen molar-refractivity contribution in [2.24, 2.45) is 0 Å². The zero-order valence-electron chi connectivity index (χ0n) is 24.9. The quantitative estimate of drug-likeness (QED) is 0.264. The van der Waals surface area contributed by atoms with Crippen LogP contribution in [-0.4, -0.2) is 48.3 Å². The fourth-order valence-electron chi connectivity index (χ4n) is 5.46. The van der Waals surface area contributed by atoms with Gasteiger partial charge in [-0.3, -0.25) is 24.2 Å². The van der Waals surface area contributed by atoms with E-state index in [9.17, 15) is 28.4 Å². The Bertz CT molecular complexity index is 1530. The zero-order chi connectivity index (χ0) is 31.9. The van der Waals surface area contributed by atoms with Gasteiger partial charge in [-0.2, -0.15) is 5.26 Å². The van der Waals surface area contributed by atoms with Crippen LogP contribution in [0.5, 0.6) is 5.75 Å². The average Bonchev–Trinajstić information content (AvgIpc) is 3.02. The van der Waals surface area contributed by atoms with E-state index in [2.05, 4.69) is 10.3 Å². The molecule has 3 aromatic rings. The molecular formula is C33H35F2N5O4. The molecule has 4 rings (SSSR count). The molecule has 11 heteroatoms. The lowest BCUT2D eigenvalue weighted by Crippen LogP contribution is -2.56. The lowest BCUT2D eigenvalue weighted by molar-refractivity contribution is -0.133. The molecule has 2 atom stereocenters. The molecule has 230 valence electrons. The maximum atomic E-state index is 14.8. The lowest BCUT2D eigenvalue weighted by Gasteiger charge is -2.40. The lowest BCUT2D eigenvalue weighted by atomic mass is 9.87. The van der Waals surface area contributed by atoms with Crippen molar-refractivity contribution < 1.29 is 27.9 Å². The Morgan fingerprint density at radius 2 is 1.91 bits per heavy atom. The third kappa shape index (κ3) is 7.02. The van der Waals surface area contributed by atoms with Crippen LogP contribution in [0, 0.1) is 11.3 Å². The number of rotatable bonds is 13. The minimum absolute atomic E-state index is 0.100. The highest BCUT2D eigenvalue weighted by Crippen LogP contribution is 2.39. The molecule has 1 aliphatic carbocycles. The van der Waals surface area contributed by atoms with E-state index in [0.29, 0.717) is 36.3 Å². The summed E-state index contributed by atoms with van der Waals surface area (Å²) in [6, 6.07) is 15.5. The number of nitriles is 1. The molecule has 1 unspecified atom stereocenters. The molecule has 1 aromatic heterocycles. The van der Waals surface area contributed by atoms with E-state index >= 15 is 0 Å². The van der Waals surface area contributed by atoms with Gasteiger partial charge in [0.15, 0.2) is 0 Å². The summed E-state index contributed by atoms with van der Waals surface area (Å²) in [7, 11) is 1.47. The van der Waals surface area contributed by atoms with Crippen molar-refractivity contribution in [3.8, 4) is 11.8 Å². The fraction of sp³-hybridized carbons (Fsp3) is 0.364. The van der Waals surface area contributed by atoms with Crippen LogP contribution in [-0.2, 0) is 20.8 Å². The van der Waals surface area contributed by atoms with Crippen LogP contribution in [0.4, 0.5) is 20.3 Å². The van der Waals surface area contributed by atoms with Gasteiger partial charge in [-0.05, 0) is 48.2 Å². The molecule has 1 fully saturated rings. The van der Waals surface area contributed by atoms with Gasteiger partial charge >= 0.3 is 0 Å². The molecule has 0 spiro atoms. The largest absolute Gasteiger partial charge is 0.497 e. The van der Waals surface area contributed by atoms with Crippen LogP contribution in [0.2, 0.25) is 0 Å². The molecular weight excluding hydrogens is 568 g/mol. The van der Waals surface area contributed by atoms with Gasteiger partial charge in [-0.15, -0.1) is 0 Å². The van der Waals surface area contributed by atoms with Crippen molar-refractivity contribution in [2.45, 2.75) is 70.0 Å². The molecule has 0 radical (unpaired) electrons. The monoisotopic (exact) mass is 603 g/mol. The van der Waals surface area contributed by atoms with Gasteiger partial charge in [0.25, 0.3) is 11.8 Å². The topological polar surface area (TPSA) is 116 Å². The molecule has 0 aliphatic heterocycles. The molecule has 3 amide bonds. The summed E-state index contributed by atoms with van der Waals surface area (Å²) in [5.41, 5.74) is 1.87. The predicted octanol–water partition coefficient (Wildman–Crippen LogP) is 5.34. The van der Waals surface area contributed by atoms with E-state index in [1.165, 1.54) is 30.3 Å². The molecule has 9 nitrogen and oxygen atoms in total. The first-order valence-corrected chi connectivity index (χ1v) is 14.5. The Hall–Kier alpha value is -4.85. The highest BCUT2D eigenvalue weighted by Gasteiger charge is 2.47. The third-order valence-electron chi connectivity index (χ3n) is 7.68. The number of methoxy groups -OCH3 is 1. The number of anilines is 2. The Morgan fingerprint density at radius 1 is 1.16 bits per heavy atom. The molecule has 1 N–H and O–H groups in total. The maximum absolute atomic E-state index is 14.8. The second-order valence-corrected chi connectivity index (χ2v) is 10.7. The highest BCUT2D eigenvalue weighted by molar-refractivity contribution is 6.06. The van der Waals surface area contributed by atoms with E-state index in [1.54, 1.807) is 36.4 Å². The second kappa shape index (κ2) is 14.1. The smallest absolute Gasteiger partial charge is 0.252 e. The number of amides is 3. The van der Waals surface area contributed by atoms with Gasteiger partial charge in [0.2, 0.25) is 12.3 Å². The summed E-state index contributed by atoms with van der Waals surface area (Å²) in [5.74, 6) is -3.56. The number of ether oxygens (including phenoxy) is 1. The van der Waals surface area contributed by atoms with E-state index in [1.807, 2.05) is 32.0 Å². The van der Waals surface area contributed by atoms with Crippen LogP contribution in [0.25, 0.3) is 0 Å². The number of hydrogen-bond acceptors (Lipinski definition) is 6. The molecule has 1 saturated carbocycles. The van der Waals surface area contributed by atoms with Crippen LogP contribution in [0.1, 0.15) is 62.3 Å². The normalized spacial score (nSPS) is 15.2. The summed E-state index contributed by atoms with van der Waals surface area (Å²) in [5, 5.41) is 12.2. The van der Waals surface area contributed by atoms with Crippen molar-refractivity contribution in [3.05, 3.63) is 83.6 Å². The van der Waals surface area contributed by atoms with Gasteiger partial charge in [-0.1, -0.05) is 50.6 Å². The first-order chi connectivity index (χ1) is 21.2. The third-order valence-corrected chi connectivity index (χ3v) is 7.68. The second-order valence-electron chi connectivity index (χ2n) is 10.7. The summed E-state index contributed by atoms with van der Waals surface area (Å²) < 4.78 is 32.9. The number of nitrogens with one attached hydrogen (secondary N) is 1. The van der Waals surface area contributed by atoms with Crippen LogP contribution >= 0.6 is 0 Å². The van der Waals surface area contributed by atoms with Crippen molar-refractivity contribution in [1.82, 2.24) is 10.3 Å². The number of aromatic nitrogens is 1. The van der Waals surface area contributed by atoms with Crippen LogP contribution in [0.3, 0.4) is 0 Å². The number of nitrogens with zero attached hydrogens (tertiary/aromatic N) is 4. The number of alkyl halides is 2. The summed E-state index contributed by atoms with van der Waals surface area (Å²) in [6.45, 7) is 3.77. The van der Waals surface area contributed by atoms with Crippen molar-refractivity contribution >= 4 is 29.7 Å². The number of aryl methyl sites for hydroxylation is 1. The van der Waals surface area contributed by atoms with Gasteiger partial charge in [0, 0.05) is 36.8 Å². The highest BCUT2D eigenvalue weighted by atomic mass is 19.3. The Labute approximate surface area is 255 Å². The van der Waals surface area contributed by atoms with Crippen molar-refractivity contribution in [1.29, 1.82) is 5.26 Å². The Morgan fingerprint density at radius 3 is 2.55 bits per heavy atom. The molecule has 2 aromatic carbocycles. The van der Waals surface area contributed by atoms with Crippen LogP contribution in [0.15, 0.2) is 66.9 Å². The molecule has 1 heterocycles. The van der Waals surface area contributed by atoms with Gasteiger partial charge in [0.05, 0.1) is 18.7 Å². The average molecular weight is 604 g/mol. The van der Waals surface area contributed by atoms with Gasteiger partial charge in [-0.25, -0.2) is 13.8 Å². The standard InChI is InChI=1S/C33H35F2N5O4/c1-4-9-28(39(21-41)29-16-22(20-36)14-15-37-29)32(43)40(25-11-8-12-26(17-25)44-3)30(27-13-7-6-10-23(27)5-2)31(42)38-24-18-33(34,35)19-24/h6-8,10-17,21,24,28,30H,4-5,9,18-19H2,1-3H3,(H,38,42)/t28-,30?/m0/s1. The van der Waals surface area contributed by atoms with Gasteiger partial charge < -0.3 is 10.1 Å². The Kier molecular flexibility index (Phi) is 10.3.